The summed E-state index contributed by atoms with van der Waals surface area (Å²) in [6.45, 7) is 6.02. The molecule has 1 nitrogen and oxygen atoms in total. The van der Waals surface area contributed by atoms with E-state index in [0.717, 1.165) is 25.7 Å². The van der Waals surface area contributed by atoms with Crippen LogP contribution in [-0.4, -0.2) is 5.78 Å². The van der Waals surface area contributed by atoms with Gasteiger partial charge in [0.1, 0.15) is 5.78 Å². The molecule has 0 bridgehead atoms. The highest BCUT2D eigenvalue weighted by Gasteiger charge is 2.36. The number of hydrogen-bond donors (Lipinski definition) is 0. The van der Waals surface area contributed by atoms with Gasteiger partial charge in [-0.25, -0.2) is 0 Å². The van der Waals surface area contributed by atoms with Crippen molar-refractivity contribution in [2.24, 2.45) is 17.8 Å². The van der Waals surface area contributed by atoms with Gasteiger partial charge < -0.3 is 0 Å². The molecule has 1 fully saturated rings. The number of carbonyl (C=O) groups is 1. The molecule has 0 N–H and O–H groups in total. The highest BCUT2D eigenvalue weighted by Crippen LogP contribution is 2.42. The van der Waals surface area contributed by atoms with Crippen LogP contribution in [0.15, 0.2) is 24.3 Å². The zero-order chi connectivity index (χ0) is 10.1. The molecule has 2 aliphatic carbocycles. The largest absolute Gasteiger partial charge is 0.300 e. The van der Waals surface area contributed by atoms with Gasteiger partial charge >= 0.3 is 0 Å². The molecule has 76 valence electrons. The Morgan fingerprint density at radius 1 is 1.57 bits per heavy atom. The number of Topliss-reactive ketones (excluding diaryl/α,β-unsaturated/α-hetero) is 1. The van der Waals surface area contributed by atoms with Gasteiger partial charge in [0.2, 0.25) is 0 Å². The van der Waals surface area contributed by atoms with Gasteiger partial charge in [0.05, 0.1) is 0 Å². The normalized spacial score (nSPS) is 35.8. The Balaban J connectivity index is 2.09. The molecule has 0 aromatic rings. The van der Waals surface area contributed by atoms with E-state index in [-0.39, 0.29) is 0 Å². The average Bonchev–Trinajstić information content (AvgIpc) is 2.50. The van der Waals surface area contributed by atoms with Gasteiger partial charge in [-0.1, -0.05) is 17.7 Å². The summed E-state index contributed by atoms with van der Waals surface area (Å²) in [5.74, 6) is 2.27. The molecule has 0 saturated heterocycles. The maximum absolute atomic E-state index is 11.5. The second kappa shape index (κ2) is 3.72. The molecule has 2 rings (SSSR count). The Morgan fingerprint density at radius 2 is 2.36 bits per heavy atom. The summed E-state index contributed by atoms with van der Waals surface area (Å²) in [6.07, 6.45) is 8.30. The van der Waals surface area contributed by atoms with Crippen molar-refractivity contribution in [2.45, 2.75) is 32.6 Å². The highest BCUT2D eigenvalue weighted by molar-refractivity contribution is 5.80. The van der Waals surface area contributed by atoms with Crippen molar-refractivity contribution < 1.29 is 4.79 Å². The van der Waals surface area contributed by atoms with Crippen molar-refractivity contribution in [3.05, 3.63) is 24.3 Å². The summed E-state index contributed by atoms with van der Waals surface area (Å²) in [5.41, 5.74) is 1.21. The number of allylic oxidation sites excluding steroid dienone is 3. The first kappa shape index (κ1) is 9.70. The third-order valence-electron chi connectivity index (χ3n) is 3.48. The van der Waals surface area contributed by atoms with Gasteiger partial charge in [0.25, 0.3) is 0 Å². The van der Waals surface area contributed by atoms with E-state index in [1.807, 2.05) is 0 Å². The minimum atomic E-state index is 0.459. The zero-order valence-corrected chi connectivity index (χ0v) is 8.83. The molecule has 2 aliphatic rings. The molecule has 1 heteroatoms. The van der Waals surface area contributed by atoms with Gasteiger partial charge in [-0.3, -0.25) is 4.79 Å². The van der Waals surface area contributed by atoms with Crippen molar-refractivity contribution in [3.8, 4) is 0 Å². The first-order valence-corrected chi connectivity index (χ1v) is 5.49. The number of carbonyl (C=O) groups excluding carboxylic acids is 1. The Morgan fingerprint density at radius 3 is 3.07 bits per heavy atom. The van der Waals surface area contributed by atoms with Crippen LogP contribution in [0, 0.1) is 17.8 Å². The van der Waals surface area contributed by atoms with Crippen molar-refractivity contribution in [1.82, 2.24) is 0 Å². The van der Waals surface area contributed by atoms with Crippen LogP contribution in [0.2, 0.25) is 0 Å². The minimum absolute atomic E-state index is 0.459. The number of rotatable bonds is 2. The van der Waals surface area contributed by atoms with Crippen LogP contribution in [0.3, 0.4) is 0 Å². The van der Waals surface area contributed by atoms with E-state index in [4.69, 9.17) is 0 Å². The summed E-state index contributed by atoms with van der Waals surface area (Å²) in [4.78, 5) is 11.5. The van der Waals surface area contributed by atoms with Crippen molar-refractivity contribution in [3.63, 3.8) is 0 Å². The Kier molecular flexibility index (Phi) is 2.58. The molecule has 14 heavy (non-hydrogen) atoms. The van der Waals surface area contributed by atoms with Crippen LogP contribution < -0.4 is 0 Å². The van der Waals surface area contributed by atoms with E-state index in [1.54, 1.807) is 0 Å². The summed E-state index contributed by atoms with van der Waals surface area (Å²) in [5, 5.41) is 0. The van der Waals surface area contributed by atoms with Gasteiger partial charge in [-0.2, -0.15) is 0 Å². The van der Waals surface area contributed by atoms with E-state index in [2.05, 4.69) is 25.7 Å². The topological polar surface area (TPSA) is 17.1 Å². The van der Waals surface area contributed by atoms with Crippen LogP contribution in [-0.2, 0) is 4.79 Å². The van der Waals surface area contributed by atoms with E-state index in [9.17, 15) is 4.79 Å². The fraction of sp³-hybridized carbons (Fsp3) is 0.615. The molecule has 0 amide bonds. The summed E-state index contributed by atoms with van der Waals surface area (Å²) >= 11 is 0. The van der Waals surface area contributed by atoms with Gasteiger partial charge in [-0.05, 0) is 37.5 Å². The number of fused-ring (bicyclic) bond motifs is 1. The molecule has 3 atom stereocenters. The van der Waals surface area contributed by atoms with Crippen LogP contribution in [0.25, 0.3) is 0 Å². The van der Waals surface area contributed by atoms with E-state index >= 15 is 0 Å². The van der Waals surface area contributed by atoms with Gasteiger partial charge in [0.15, 0.2) is 0 Å². The standard InChI is InChI=1S/C13H18O/c1-9(2)6-11-8-12(14)7-10-4-3-5-13(10)11/h3,5,10-11,13H,1,4,6-8H2,2H3/t10-,11?,13-/m0/s1. The van der Waals surface area contributed by atoms with Crippen LogP contribution in [0.1, 0.15) is 32.6 Å². The van der Waals surface area contributed by atoms with Crippen LogP contribution in [0.5, 0.6) is 0 Å². The maximum atomic E-state index is 11.5. The molecule has 0 aliphatic heterocycles. The molecule has 0 spiro atoms. The van der Waals surface area contributed by atoms with E-state index in [1.165, 1.54) is 5.57 Å². The van der Waals surface area contributed by atoms with Crippen LogP contribution >= 0.6 is 0 Å². The smallest absolute Gasteiger partial charge is 0.133 e. The van der Waals surface area contributed by atoms with Crippen molar-refractivity contribution in [1.29, 1.82) is 0 Å². The third kappa shape index (κ3) is 1.82. The SMILES string of the molecule is C=C(C)CC1CC(=O)C[C@@H]2CC=C[C@H]12. The molecule has 0 aromatic carbocycles. The predicted molar refractivity (Wildman–Crippen MR) is 57.9 cm³/mol. The fourth-order valence-corrected chi connectivity index (χ4v) is 2.95. The summed E-state index contributed by atoms with van der Waals surface area (Å²) < 4.78 is 0. The lowest BCUT2D eigenvalue weighted by Crippen LogP contribution is -2.29. The first-order valence-electron chi connectivity index (χ1n) is 5.49. The van der Waals surface area contributed by atoms with Crippen molar-refractivity contribution in [2.75, 3.05) is 0 Å². The molecule has 0 aromatic heterocycles. The molecular weight excluding hydrogens is 172 g/mol. The lowest BCUT2D eigenvalue weighted by atomic mass is 9.71. The zero-order valence-electron chi connectivity index (χ0n) is 8.83. The lowest BCUT2D eigenvalue weighted by molar-refractivity contribution is -0.123. The van der Waals surface area contributed by atoms with E-state index < -0.39 is 0 Å². The lowest BCUT2D eigenvalue weighted by Gasteiger charge is -2.32. The average molecular weight is 190 g/mol. The first-order chi connectivity index (χ1) is 6.66. The second-order valence-electron chi connectivity index (χ2n) is 4.87. The molecule has 1 saturated carbocycles. The van der Waals surface area contributed by atoms with Gasteiger partial charge in [0, 0.05) is 12.8 Å². The quantitative estimate of drug-likeness (QED) is 0.611. The molecular formula is C13H18O. The molecule has 0 radical (unpaired) electrons. The number of ketones is 1. The third-order valence-corrected chi connectivity index (χ3v) is 3.48. The fourth-order valence-electron chi connectivity index (χ4n) is 2.95. The summed E-state index contributed by atoms with van der Waals surface area (Å²) in [7, 11) is 0. The Bertz CT molecular complexity index is 286. The minimum Gasteiger partial charge on any atom is -0.300 e. The highest BCUT2D eigenvalue weighted by atomic mass is 16.1. The predicted octanol–water partition coefficient (Wildman–Crippen LogP) is 3.12. The molecule has 1 unspecified atom stereocenters. The maximum Gasteiger partial charge on any atom is 0.133 e. The van der Waals surface area contributed by atoms with Gasteiger partial charge in [-0.15, -0.1) is 6.58 Å². The van der Waals surface area contributed by atoms with E-state index in [0.29, 0.717) is 23.5 Å². The Hall–Kier alpha value is -0.850. The summed E-state index contributed by atoms with van der Waals surface area (Å²) in [6, 6.07) is 0. The molecule has 0 heterocycles. The van der Waals surface area contributed by atoms with Crippen LogP contribution in [0.4, 0.5) is 0 Å². The monoisotopic (exact) mass is 190 g/mol. The Labute approximate surface area is 85.9 Å². The number of hydrogen-bond acceptors (Lipinski definition) is 1. The van der Waals surface area contributed by atoms with Crippen molar-refractivity contribution >= 4 is 5.78 Å². The second-order valence-corrected chi connectivity index (χ2v) is 4.87.